The Labute approximate surface area is 356 Å². The van der Waals surface area contributed by atoms with Crippen LogP contribution in [0, 0.1) is 35.5 Å². The second-order valence-corrected chi connectivity index (χ2v) is 18.2. The van der Waals surface area contributed by atoms with E-state index < -0.39 is 95.1 Å². The van der Waals surface area contributed by atoms with Crippen molar-refractivity contribution in [2.24, 2.45) is 46.4 Å². The summed E-state index contributed by atoms with van der Waals surface area (Å²) in [6.45, 7) is 15.2. The molecule has 15 atom stereocenters. The molecule has 0 aromatic carbocycles. The summed E-state index contributed by atoms with van der Waals surface area (Å²) in [4.78, 5) is 69.1. The predicted octanol–water partition coefficient (Wildman–Crippen LogP) is 4.12. The Kier molecular flexibility index (Phi) is 14.9. The van der Waals surface area contributed by atoms with Crippen LogP contribution in [0.2, 0.25) is 0 Å². The molecule has 0 amide bonds. The number of hydrogen-bond donors (Lipinski definition) is 2. The van der Waals surface area contributed by atoms with Gasteiger partial charge in [-0.1, -0.05) is 50.3 Å². The molecule has 0 bridgehead atoms. The van der Waals surface area contributed by atoms with Crippen molar-refractivity contribution in [3.05, 3.63) is 29.4 Å². The maximum absolute atomic E-state index is 14.8. The van der Waals surface area contributed by atoms with Gasteiger partial charge in [-0.05, 0) is 80.1 Å². The molecule has 0 radical (unpaired) electrons. The number of rotatable bonds is 10. The van der Waals surface area contributed by atoms with Crippen LogP contribution in [0.25, 0.3) is 10.7 Å². The molecule has 3 fully saturated rings. The summed E-state index contributed by atoms with van der Waals surface area (Å²) in [5, 5.41) is 25.1. The highest BCUT2D eigenvalue weighted by Gasteiger charge is 2.62. The second kappa shape index (κ2) is 19.0. The van der Waals surface area contributed by atoms with Gasteiger partial charge >= 0.3 is 11.9 Å². The molecule has 0 saturated carbocycles. The Bertz CT molecular complexity index is 1880. The zero-order valence-corrected chi connectivity index (χ0v) is 37.5. The first-order valence-electron chi connectivity index (χ1n) is 20.6. The number of carbonyl (C=O) groups excluding carboxylic acids is 4. The SMILES string of the molecule is CC[C@@H]1OC(=O)[C@H](C)C(=O)[C@H](C)[C@@H](O[C@@H]2O[C@@H](C)C[C@H](N(C)C)[C@H]2O)[C@](C)(OC)C[C@@H](C)C(=O)[C@H](C)[C@H]2[C@H](/C(N)=N/OC(C)c3nnc(-c4ccccn4)s3)C(=O)O[C@@]21C. The molecule has 2 aromatic heterocycles. The van der Waals surface area contributed by atoms with Crippen LogP contribution in [0.5, 0.6) is 0 Å². The lowest BCUT2D eigenvalue weighted by Gasteiger charge is -2.47. The first-order chi connectivity index (χ1) is 28.2. The number of methoxy groups -OCH3 is 1. The fraction of sp³-hybridized carbons (Fsp3) is 0.714. The summed E-state index contributed by atoms with van der Waals surface area (Å²) >= 11 is 1.26. The zero-order valence-electron chi connectivity index (χ0n) is 36.7. The highest BCUT2D eigenvalue weighted by molar-refractivity contribution is 7.14. The number of ether oxygens (including phenoxy) is 5. The van der Waals surface area contributed by atoms with E-state index in [1.807, 2.05) is 38.1 Å². The van der Waals surface area contributed by atoms with E-state index in [9.17, 15) is 24.3 Å². The van der Waals surface area contributed by atoms with Crippen molar-refractivity contribution in [2.75, 3.05) is 21.2 Å². The van der Waals surface area contributed by atoms with Crippen molar-refractivity contribution >= 4 is 40.7 Å². The molecule has 1 unspecified atom stereocenters. The third-order valence-electron chi connectivity index (χ3n) is 12.7. The number of esters is 2. The number of cyclic esters (lactones) is 1. The van der Waals surface area contributed by atoms with E-state index in [1.165, 1.54) is 25.4 Å². The molecule has 332 valence electrons. The van der Waals surface area contributed by atoms with Gasteiger partial charge in [0.25, 0.3) is 0 Å². The number of aliphatic hydroxyl groups excluding tert-OH is 1. The maximum Gasteiger partial charge on any atom is 0.317 e. The molecule has 2 aromatic rings. The first kappa shape index (κ1) is 47.1. The number of nitrogens with zero attached hydrogens (tertiary/aromatic N) is 5. The van der Waals surface area contributed by atoms with Crippen LogP contribution in [0.4, 0.5) is 0 Å². The van der Waals surface area contributed by atoms with Crippen LogP contribution in [0.3, 0.4) is 0 Å². The van der Waals surface area contributed by atoms with Crippen LogP contribution in [-0.4, -0.2) is 124 Å². The lowest BCUT2D eigenvalue weighted by Crippen LogP contribution is -2.59. The quantitative estimate of drug-likeness (QED) is 0.113. The molecule has 60 heavy (non-hydrogen) atoms. The third-order valence-corrected chi connectivity index (χ3v) is 13.8. The highest BCUT2D eigenvalue weighted by Crippen LogP contribution is 2.48. The molecular formula is C42H62N6O11S. The smallest absolute Gasteiger partial charge is 0.317 e. The van der Waals surface area contributed by atoms with Crippen molar-refractivity contribution in [3.8, 4) is 10.7 Å². The number of aromatic nitrogens is 3. The van der Waals surface area contributed by atoms with Crippen molar-refractivity contribution in [2.45, 2.75) is 136 Å². The van der Waals surface area contributed by atoms with E-state index >= 15 is 0 Å². The van der Waals surface area contributed by atoms with E-state index in [2.05, 4.69) is 20.3 Å². The van der Waals surface area contributed by atoms with Gasteiger partial charge in [-0.3, -0.25) is 24.2 Å². The van der Waals surface area contributed by atoms with Gasteiger partial charge in [-0.2, -0.15) is 0 Å². The fourth-order valence-electron chi connectivity index (χ4n) is 9.18. The van der Waals surface area contributed by atoms with E-state index in [0.29, 0.717) is 22.1 Å². The molecule has 3 saturated heterocycles. The molecule has 5 heterocycles. The number of fused-ring (bicyclic) bond motifs is 1. The van der Waals surface area contributed by atoms with Crippen LogP contribution < -0.4 is 5.73 Å². The number of oxime groups is 1. The minimum absolute atomic E-state index is 0.0515. The lowest BCUT2D eigenvalue weighted by molar-refractivity contribution is -0.295. The number of likely N-dealkylation sites (N-methyl/N-ethyl adjacent to an activating group) is 1. The standard InChI is InChI=1S/C42H62N6O11S/c1-13-28-42(9)30(29(39(53)58-42)35(43)47-59-25(7)36-45-46-37(60-36)26-16-14-15-17-44-26)22(4)31(49)20(2)19-41(8,54-12)34(23(5)32(50)24(6)38(52)56-28)57-40-33(51)27(48(10)11)18-21(3)55-40/h14-17,20-25,27-30,33-34,40,51H,13,18-19H2,1-12H3,(H2,43,47)/t20-,21+,22-,23+,24-,25?,27+,28+,29-,30+,33-,34-,40+,41-,42-/m1/s1. The topological polar surface area (TPSA) is 224 Å². The van der Waals surface area contributed by atoms with Gasteiger partial charge in [-0.15, -0.1) is 10.2 Å². The summed E-state index contributed by atoms with van der Waals surface area (Å²) < 4.78 is 31.1. The first-order valence-corrected chi connectivity index (χ1v) is 21.5. The largest absolute Gasteiger partial charge is 0.458 e. The van der Waals surface area contributed by atoms with Crippen LogP contribution in [0.15, 0.2) is 29.6 Å². The van der Waals surface area contributed by atoms with Crippen molar-refractivity contribution < 1.29 is 52.8 Å². The number of Topliss-reactive ketones (excluding diaryl/α,β-unsaturated/α-hetero) is 2. The number of carbonyl (C=O) groups is 4. The van der Waals surface area contributed by atoms with Gasteiger partial charge in [0, 0.05) is 43.0 Å². The molecule has 5 rings (SSSR count). The van der Waals surface area contributed by atoms with Gasteiger partial charge < -0.3 is 44.3 Å². The number of nitrogens with two attached hydrogens (primary N) is 1. The second-order valence-electron chi connectivity index (χ2n) is 17.2. The summed E-state index contributed by atoms with van der Waals surface area (Å²) in [5.41, 5.74) is 4.33. The Morgan fingerprint density at radius 1 is 1.07 bits per heavy atom. The molecular weight excluding hydrogens is 797 g/mol. The van der Waals surface area contributed by atoms with Crippen molar-refractivity contribution in [1.29, 1.82) is 0 Å². The summed E-state index contributed by atoms with van der Waals surface area (Å²) in [7, 11) is 5.17. The fourth-order valence-corrected chi connectivity index (χ4v) is 9.97. The Hall–Kier alpha value is -3.94. The maximum atomic E-state index is 14.8. The Morgan fingerprint density at radius 3 is 2.38 bits per heavy atom. The summed E-state index contributed by atoms with van der Waals surface area (Å²) in [6, 6.07) is 5.14. The predicted molar refractivity (Wildman–Crippen MR) is 220 cm³/mol. The molecule has 17 nitrogen and oxygen atoms in total. The van der Waals surface area contributed by atoms with E-state index in [-0.39, 0.29) is 36.6 Å². The Balaban J connectivity index is 1.51. The van der Waals surface area contributed by atoms with Crippen LogP contribution >= 0.6 is 11.3 Å². The number of ketones is 2. The highest BCUT2D eigenvalue weighted by atomic mass is 32.1. The summed E-state index contributed by atoms with van der Waals surface area (Å²) in [6.07, 6.45) is -3.03. The van der Waals surface area contributed by atoms with Crippen molar-refractivity contribution in [3.63, 3.8) is 0 Å². The Morgan fingerprint density at radius 2 is 1.77 bits per heavy atom. The van der Waals surface area contributed by atoms with Crippen molar-refractivity contribution in [1.82, 2.24) is 20.1 Å². The molecule has 3 aliphatic heterocycles. The van der Waals surface area contributed by atoms with Gasteiger partial charge in [0.15, 0.2) is 39.6 Å². The van der Waals surface area contributed by atoms with Gasteiger partial charge in [0.2, 0.25) is 0 Å². The average Bonchev–Trinajstić information content (AvgIpc) is 3.83. The van der Waals surface area contributed by atoms with E-state index in [1.54, 1.807) is 60.7 Å². The van der Waals surface area contributed by atoms with E-state index in [0.717, 1.165) is 0 Å². The van der Waals surface area contributed by atoms with Gasteiger partial charge in [0.05, 0.1) is 17.8 Å². The normalized spacial score (nSPS) is 37.9. The molecule has 0 aliphatic carbocycles. The van der Waals surface area contributed by atoms with Crippen LogP contribution in [0.1, 0.15) is 92.7 Å². The van der Waals surface area contributed by atoms with Gasteiger partial charge in [0.1, 0.15) is 35.5 Å². The van der Waals surface area contributed by atoms with E-state index in [4.69, 9.17) is 34.3 Å². The molecule has 18 heteroatoms. The average molecular weight is 859 g/mol. The van der Waals surface area contributed by atoms with Crippen LogP contribution in [-0.2, 0) is 47.7 Å². The molecule has 3 aliphatic rings. The zero-order chi connectivity index (χ0) is 44.4. The number of pyridine rings is 1. The number of hydrogen-bond acceptors (Lipinski definition) is 17. The number of amidine groups is 1. The number of aliphatic hydroxyl groups is 1. The third kappa shape index (κ3) is 9.43. The molecule has 0 spiro atoms. The summed E-state index contributed by atoms with van der Waals surface area (Å²) in [5.74, 6) is -8.88. The van der Waals surface area contributed by atoms with Gasteiger partial charge in [-0.25, -0.2) is 0 Å². The lowest BCUT2D eigenvalue weighted by atomic mass is 9.67. The minimum atomic E-state index is -1.58. The minimum Gasteiger partial charge on any atom is -0.458 e. The molecule has 3 N–H and O–H groups in total. The monoisotopic (exact) mass is 858 g/mol.